The van der Waals surface area contributed by atoms with Crippen LogP contribution in [-0.4, -0.2) is 21.3 Å². The zero-order valence-corrected chi connectivity index (χ0v) is 14.1. The third-order valence-corrected chi connectivity index (χ3v) is 4.07. The molecule has 0 spiro atoms. The number of aryl methyl sites for hydroxylation is 1. The third kappa shape index (κ3) is 5.01. The van der Waals surface area contributed by atoms with Crippen molar-refractivity contribution in [1.29, 1.82) is 0 Å². The van der Waals surface area contributed by atoms with Crippen LogP contribution in [0, 0.1) is 0 Å². The Labute approximate surface area is 147 Å². The SMILES string of the molecule is O=c1cnnc(NCCc2ccccc2)n1CCCc1ccccc1. The van der Waals surface area contributed by atoms with Gasteiger partial charge in [-0.1, -0.05) is 60.7 Å². The lowest BCUT2D eigenvalue weighted by Gasteiger charge is -2.12. The predicted molar refractivity (Wildman–Crippen MR) is 99.7 cm³/mol. The molecular weight excluding hydrogens is 312 g/mol. The lowest BCUT2D eigenvalue weighted by molar-refractivity contribution is 0.605. The Morgan fingerprint density at radius 1 is 0.880 bits per heavy atom. The molecule has 0 unspecified atom stereocenters. The third-order valence-electron chi connectivity index (χ3n) is 4.07. The maximum atomic E-state index is 12.1. The first kappa shape index (κ1) is 16.9. The Morgan fingerprint density at radius 3 is 2.20 bits per heavy atom. The van der Waals surface area contributed by atoms with Crippen LogP contribution in [0.25, 0.3) is 0 Å². The Balaban J connectivity index is 1.58. The molecule has 0 radical (unpaired) electrons. The van der Waals surface area contributed by atoms with E-state index in [0.29, 0.717) is 19.0 Å². The second-order valence-corrected chi connectivity index (χ2v) is 5.91. The summed E-state index contributed by atoms with van der Waals surface area (Å²) in [6.07, 6.45) is 3.95. The summed E-state index contributed by atoms with van der Waals surface area (Å²) in [6, 6.07) is 20.5. The molecule has 2 aromatic carbocycles. The molecule has 1 heterocycles. The molecule has 3 aromatic rings. The average Bonchev–Trinajstić information content (AvgIpc) is 2.65. The minimum absolute atomic E-state index is 0.120. The summed E-state index contributed by atoms with van der Waals surface area (Å²) in [5, 5.41) is 11.1. The quantitative estimate of drug-likeness (QED) is 0.688. The van der Waals surface area contributed by atoms with Crippen LogP contribution in [0.4, 0.5) is 5.95 Å². The number of nitrogens with zero attached hydrogens (tertiary/aromatic N) is 3. The maximum absolute atomic E-state index is 12.1. The van der Waals surface area contributed by atoms with Gasteiger partial charge in [0, 0.05) is 13.1 Å². The summed E-state index contributed by atoms with van der Waals surface area (Å²) in [4.78, 5) is 12.1. The van der Waals surface area contributed by atoms with Gasteiger partial charge < -0.3 is 5.32 Å². The molecule has 0 aliphatic carbocycles. The van der Waals surface area contributed by atoms with Crippen molar-refractivity contribution < 1.29 is 0 Å². The summed E-state index contributed by atoms with van der Waals surface area (Å²) < 4.78 is 1.67. The Kier molecular flexibility index (Phi) is 5.93. The highest BCUT2D eigenvalue weighted by Crippen LogP contribution is 2.06. The van der Waals surface area contributed by atoms with Crippen molar-refractivity contribution in [2.24, 2.45) is 0 Å². The van der Waals surface area contributed by atoms with Crippen LogP contribution in [0.3, 0.4) is 0 Å². The summed E-state index contributed by atoms with van der Waals surface area (Å²) in [6.45, 7) is 1.33. The monoisotopic (exact) mass is 334 g/mol. The van der Waals surface area contributed by atoms with E-state index in [-0.39, 0.29) is 5.56 Å². The van der Waals surface area contributed by atoms with E-state index in [1.807, 2.05) is 36.4 Å². The second kappa shape index (κ2) is 8.78. The van der Waals surface area contributed by atoms with Gasteiger partial charge in [0.05, 0.1) is 0 Å². The van der Waals surface area contributed by atoms with E-state index in [1.54, 1.807) is 4.57 Å². The van der Waals surface area contributed by atoms with Crippen molar-refractivity contribution in [2.75, 3.05) is 11.9 Å². The van der Waals surface area contributed by atoms with E-state index in [1.165, 1.54) is 17.3 Å². The predicted octanol–water partition coefficient (Wildman–Crippen LogP) is 2.93. The van der Waals surface area contributed by atoms with E-state index in [0.717, 1.165) is 19.3 Å². The molecule has 0 atom stereocenters. The van der Waals surface area contributed by atoms with E-state index < -0.39 is 0 Å². The number of rotatable bonds is 8. The normalized spacial score (nSPS) is 10.6. The van der Waals surface area contributed by atoms with Crippen molar-refractivity contribution >= 4 is 5.95 Å². The van der Waals surface area contributed by atoms with Crippen LogP contribution in [0.15, 0.2) is 71.7 Å². The molecule has 0 saturated carbocycles. The first-order chi connectivity index (χ1) is 12.3. The van der Waals surface area contributed by atoms with Crippen LogP contribution in [0.2, 0.25) is 0 Å². The molecule has 5 heteroatoms. The van der Waals surface area contributed by atoms with Gasteiger partial charge in [0.1, 0.15) is 6.20 Å². The largest absolute Gasteiger partial charge is 0.354 e. The Bertz CT molecular complexity index is 831. The van der Waals surface area contributed by atoms with Crippen LogP contribution >= 0.6 is 0 Å². The standard InChI is InChI=1S/C20H22N4O/c25-19-16-22-23-20(21-14-13-18-10-5-2-6-11-18)24(19)15-7-12-17-8-3-1-4-9-17/h1-6,8-11,16H,7,12-15H2,(H,21,23). The molecule has 0 amide bonds. The van der Waals surface area contributed by atoms with Gasteiger partial charge in [-0.3, -0.25) is 9.36 Å². The fourth-order valence-corrected chi connectivity index (χ4v) is 2.76. The lowest BCUT2D eigenvalue weighted by Crippen LogP contribution is -2.26. The van der Waals surface area contributed by atoms with Crippen LogP contribution in [-0.2, 0) is 19.4 Å². The Morgan fingerprint density at radius 2 is 1.52 bits per heavy atom. The van der Waals surface area contributed by atoms with Crippen molar-refractivity contribution in [3.63, 3.8) is 0 Å². The van der Waals surface area contributed by atoms with Crippen molar-refractivity contribution in [3.05, 3.63) is 88.3 Å². The smallest absolute Gasteiger partial charge is 0.273 e. The molecule has 5 nitrogen and oxygen atoms in total. The van der Waals surface area contributed by atoms with Gasteiger partial charge >= 0.3 is 0 Å². The average molecular weight is 334 g/mol. The molecule has 1 N–H and O–H groups in total. The first-order valence-electron chi connectivity index (χ1n) is 8.57. The van der Waals surface area contributed by atoms with Gasteiger partial charge in [0.25, 0.3) is 5.56 Å². The maximum Gasteiger partial charge on any atom is 0.273 e. The molecule has 0 bridgehead atoms. The van der Waals surface area contributed by atoms with Crippen molar-refractivity contribution in [2.45, 2.75) is 25.8 Å². The summed E-state index contributed by atoms with van der Waals surface area (Å²) >= 11 is 0. The number of anilines is 1. The highest BCUT2D eigenvalue weighted by Gasteiger charge is 2.06. The van der Waals surface area contributed by atoms with Crippen LogP contribution < -0.4 is 10.9 Å². The first-order valence-corrected chi connectivity index (χ1v) is 8.57. The molecule has 1 aromatic heterocycles. The fraction of sp³-hybridized carbons (Fsp3) is 0.250. The van der Waals surface area contributed by atoms with Crippen molar-refractivity contribution in [1.82, 2.24) is 14.8 Å². The molecule has 128 valence electrons. The van der Waals surface area contributed by atoms with Gasteiger partial charge in [0.15, 0.2) is 0 Å². The number of aromatic nitrogens is 3. The van der Waals surface area contributed by atoms with Gasteiger partial charge in [-0.15, -0.1) is 10.2 Å². The molecule has 0 saturated heterocycles. The van der Waals surface area contributed by atoms with Gasteiger partial charge in [-0.25, -0.2) is 0 Å². The van der Waals surface area contributed by atoms with Crippen LogP contribution in [0.5, 0.6) is 0 Å². The van der Waals surface area contributed by atoms with Gasteiger partial charge in [-0.05, 0) is 30.4 Å². The van der Waals surface area contributed by atoms with E-state index in [4.69, 9.17) is 0 Å². The number of hydrogen-bond donors (Lipinski definition) is 1. The van der Waals surface area contributed by atoms with Crippen LogP contribution in [0.1, 0.15) is 17.5 Å². The lowest BCUT2D eigenvalue weighted by atomic mass is 10.1. The van der Waals surface area contributed by atoms with E-state index in [2.05, 4.69) is 39.8 Å². The summed E-state index contributed by atoms with van der Waals surface area (Å²) in [5.74, 6) is 0.538. The number of nitrogens with one attached hydrogen (secondary N) is 1. The highest BCUT2D eigenvalue weighted by atomic mass is 16.1. The topological polar surface area (TPSA) is 59.8 Å². The molecule has 0 aliphatic rings. The highest BCUT2D eigenvalue weighted by molar-refractivity contribution is 5.25. The van der Waals surface area contributed by atoms with Gasteiger partial charge in [0.2, 0.25) is 5.95 Å². The molecule has 0 aliphatic heterocycles. The summed E-state index contributed by atoms with van der Waals surface area (Å²) in [7, 11) is 0. The number of hydrogen-bond acceptors (Lipinski definition) is 4. The molecule has 25 heavy (non-hydrogen) atoms. The second-order valence-electron chi connectivity index (χ2n) is 5.91. The van der Waals surface area contributed by atoms with Crippen molar-refractivity contribution in [3.8, 4) is 0 Å². The minimum Gasteiger partial charge on any atom is -0.354 e. The van der Waals surface area contributed by atoms with Gasteiger partial charge in [-0.2, -0.15) is 0 Å². The van der Waals surface area contributed by atoms with E-state index in [9.17, 15) is 4.79 Å². The number of benzene rings is 2. The van der Waals surface area contributed by atoms with E-state index >= 15 is 0 Å². The Hall–Kier alpha value is -2.95. The minimum atomic E-state index is -0.120. The molecule has 3 rings (SSSR count). The fourth-order valence-electron chi connectivity index (χ4n) is 2.76. The summed E-state index contributed by atoms with van der Waals surface area (Å²) in [5.41, 5.74) is 2.40. The molecule has 0 fully saturated rings. The molecular formula is C20H22N4O. The zero-order chi connectivity index (χ0) is 17.3. The zero-order valence-electron chi connectivity index (χ0n) is 14.1.